The summed E-state index contributed by atoms with van der Waals surface area (Å²) in [6.45, 7) is 0.749. The predicted octanol–water partition coefficient (Wildman–Crippen LogP) is 10.3. The molecule has 6 aromatic carbocycles. The van der Waals surface area contributed by atoms with Crippen LogP contribution in [0.2, 0.25) is 0 Å². The molecule has 55 heavy (non-hydrogen) atoms. The molecule has 0 fully saturated rings. The topological polar surface area (TPSA) is 40.0 Å². The molecule has 7 heteroatoms. The van der Waals surface area contributed by atoms with Crippen LogP contribution in [0, 0.1) is 0 Å². The van der Waals surface area contributed by atoms with Crippen molar-refractivity contribution >= 4 is 50.2 Å². The van der Waals surface area contributed by atoms with E-state index in [0.29, 0.717) is 0 Å². The molecule has 0 saturated heterocycles. The van der Waals surface area contributed by atoms with Crippen LogP contribution in [0.3, 0.4) is 0 Å². The highest BCUT2D eigenvalue weighted by Gasteiger charge is 2.55. The van der Waals surface area contributed by atoms with E-state index in [4.69, 9.17) is 9.72 Å². The summed E-state index contributed by atoms with van der Waals surface area (Å²) in [4.78, 5) is 14.2. The van der Waals surface area contributed by atoms with Gasteiger partial charge in [-0.2, -0.15) is 0 Å². The highest BCUT2D eigenvalue weighted by atomic mass is 16.5. The maximum absolute atomic E-state index is 6.89. The van der Waals surface area contributed by atoms with Crippen LogP contribution in [0.1, 0.15) is 22.3 Å². The minimum atomic E-state index is -0.574. The second-order valence-electron chi connectivity index (χ2n) is 15.4. The minimum absolute atomic E-state index is 0.574. The number of benzene rings is 6. The summed E-state index contributed by atoms with van der Waals surface area (Å²) in [5, 5.41) is 2.35. The predicted molar refractivity (Wildman–Crippen MR) is 226 cm³/mol. The number of pyridine rings is 1. The first-order valence-corrected chi connectivity index (χ1v) is 18.9. The van der Waals surface area contributed by atoms with Crippen LogP contribution in [0.15, 0.2) is 140 Å². The van der Waals surface area contributed by atoms with E-state index in [1.807, 2.05) is 18.3 Å². The van der Waals surface area contributed by atoms with Gasteiger partial charge in [0.1, 0.15) is 17.3 Å². The molecule has 2 aromatic heterocycles. The van der Waals surface area contributed by atoms with Crippen molar-refractivity contribution in [3.63, 3.8) is 0 Å². The molecule has 8 aromatic rings. The van der Waals surface area contributed by atoms with Crippen LogP contribution in [-0.4, -0.2) is 51.5 Å². The fraction of sp³-hybridized carbons (Fsp3) is 0.146. The van der Waals surface area contributed by atoms with Gasteiger partial charge in [0.2, 0.25) is 0 Å². The Labute approximate surface area is 320 Å². The number of ether oxygens (including phenoxy) is 1. The Kier molecular flexibility index (Phi) is 6.58. The zero-order valence-corrected chi connectivity index (χ0v) is 31.6. The first kappa shape index (κ1) is 31.8. The first-order chi connectivity index (χ1) is 26.9. The SMILES string of the molecule is CN(C)c1cccc2c1C1(c3ccc(Oc4ccc5c6ccccc6n(-c6ccccn6)c5c4)cc3N3CN(C)c4cccc1c43)c1c-2cccc1N(C)C. The number of nitrogens with zero attached hydrogens (tertiary/aromatic N) is 6. The molecule has 1 spiro atoms. The van der Waals surface area contributed by atoms with Gasteiger partial charge in [-0.3, -0.25) is 4.57 Å². The summed E-state index contributed by atoms with van der Waals surface area (Å²) in [6.07, 6.45) is 1.85. The van der Waals surface area contributed by atoms with Crippen LogP contribution >= 0.6 is 0 Å². The van der Waals surface area contributed by atoms with Crippen molar-refractivity contribution in [1.82, 2.24) is 9.55 Å². The van der Waals surface area contributed by atoms with Gasteiger partial charge in [0.05, 0.1) is 40.2 Å². The number of aromatic nitrogens is 2. The normalized spacial score (nSPS) is 14.3. The Morgan fingerprint density at radius 1 is 0.600 bits per heavy atom. The maximum atomic E-state index is 6.89. The van der Waals surface area contributed by atoms with Crippen molar-refractivity contribution in [2.24, 2.45) is 0 Å². The minimum Gasteiger partial charge on any atom is -0.457 e. The Morgan fingerprint density at radius 3 is 2.00 bits per heavy atom. The standard InChI is InChI=1S/C48H40N6O/c1-50(2)39-18-10-14-34-35-15-11-19-40(51(3)4)46(35)48(45(34)39)36-25-23-31(28-43(36)53-29-52(5)41-20-12-16-37(48)47(41)53)55-30-22-24-33-32-13-6-7-17-38(32)54(42(33)27-30)44-21-8-9-26-49-44/h6-28H,29H2,1-5H3. The molecule has 11 rings (SSSR count). The molecule has 0 saturated carbocycles. The summed E-state index contributed by atoms with van der Waals surface area (Å²) < 4.78 is 9.12. The van der Waals surface area contributed by atoms with Gasteiger partial charge >= 0.3 is 0 Å². The summed E-state index contributed by atoms with van der Waals surface area (Å²) in [5.41, 5.74) is 15.5. The van der Waals surface area contributed by atoms with Crippen LogP contribution in [0.4, 0.5) is 28.4 Å². The molecule has 2 aliphatic heterocycles. The lowest BCUT2D eigenvalue weighted by molar-refractivity contribution is 0.482. The van der Waals surface area contributed by atoms with Gasteiger partial charge in [0, 0.05) is 86.8 Å². The molecule has 3 aliphatic rings. The second kappa shape index (κ2) is 11.4. The summed E-state index contributed by atoms with van der Waals surface area (Å²) in [6, 6.07) is 48.2. The summed E-state index contributed by atoms with van der Waals surface area (Å²) >= 11 is 0. The number of hydrogen-bond donors (Lipinski definition) is 0. The first-order valence-electron chi connectivity index (χ1n) is 18.9. The Bertz CT molecular complexity index is 2820. The average Bonchev–Trinajstić information content (AvgIpc) is 3.83. The molecule has 0 unspecified atom stereocenters. The van der Waals surface area contributed by atoms with Crippen LogP contribution in [0.5, 0.6) is 11.5 Å². The lowest BCUT2D eigenvalue weighted by Crippen LogP contribution is -2.39. The zero-order chi connectivity index (χ0) is 37.2. The van der Waals surface area contributed by atoms with Crippen LogP contribution < -0.4 is 24.3 Å². The van der Waals surface area contributed by atoms with Crippen molar-refractivity contribution in [3.05, 3.63) is 162 Å². The van der Waals surface area contributed by atoms with E-state index in [1.165, 1.54) is 61.5 Å². The highest BCUT2D eigenvalue weighted by Crippen LogP contribution is 2.67. The molecule has 7 nitrogen and oxygen atoms in total. The van der Waals surface area contributed by atoms with E-state index < -0.39 is 5.41 Å². The highest BCUT2D eigenvalue weighted by molar-refractivity contribution is 6.09. The fourth-order valence-electron chi connectivity index (χ4n) is 9.85. The van der Waals surface area contributed by atoms with Crippen molar-refractivity contribution in [1.29, 1.82) is 0 Å². The van der Waals surface area contributed by atoms with E-state index >= 15 is 0 Å². The van der Waals surface area contributed by atoms with Gasteiger partial charge in [0.25, 0.3) is 0 Å². The zero-order valence-electron chi connectivity index (χ0n) is 31.6. The third-order valence-electron chi connectivity index (χ3n) is 12.0. The molecule has 4 heterocycles. The van der Waals surface area contributed by atoms with Crippen molar-refractivity contribution in [2.75, 3.05) is 61.5 Å². The van der Waals surface area contributed by atoms with Gasteiger partial charge in [0.15, 0.2) is 0 Å². The molecular weight excluding hydrogens is 677 g/mol. The number of hydrogen-bond acceptors (Lipinski definition) is 6. The number of anilines is 5. The van der Waals surface area contributed by atoms with E-state index in [9.17, 15) is 0 Å². The van der Waals surface area contributed by atoms with Gasteiger partial charge in [-0.05, 0) is 76.9 Å². The molecule has 0 bridgehead atoms. The largest absolute Gasteiger partial charge is 0.457 e. The molecule has 0 N–H and O–H groups in total. The monoisotopic (exact) mass is 716 g/mol. The lowest BCUT2D eigenvalue weighted by atomic mass is 9.63. The number of rotatable bonds is 5. The van der Waals surface area contributed by atoms with E-state index in [-0.39, 0.29) is 0 Å². The number of fused-ring (bicyclic) bond motifs is 12. The fourth-order valence-corrected chi connectivity index (χ4v) is 9.85. The van der Waals surface area contributed by atoms with E-state index in [2.05, 4.69) is 181 Å². The molecule has 1 aliphatic carbocycles. The third kappa shape index (κ3) is 4.18. The quantitative estimate of drug-likeness (QED) is 0.177. The van der Waals surface area contributed by atoms with Crippen molar-refractivity contribution < 1.29 is 4.74 Å². The number of para-hydroxylation sites is 2. The smallest absolute Gasteiger partial charge is 0.137 e. The van der Waals surface area contributed by atoms with Crippen LogP contribution in [0.25, 0.3) is 38.8 Å². The van der Waals surface area contributed by atoms with Crippen LogP contribution in [-0.2, 0) is 5.41 Å². The molecular formula is C48H40N6O. The molecule has 268 valence electrons. The molecule has 0 amide bonds. The van der Waals surface area contributed by atoms with E-state index in [1.54, 1.807) is 0 Å². The molecule has 0 radical (unpaired) electrons. The van der Waals surface area contributed by atoms with Gasteiger partial charge in [-0.15, -0.1) is 0 Å². The van der Waals surface area contributed by atoms with Gasteiger partial charge in [-0.25, -0.2) is 4.98 Å². The van der Waals surface area contributed by atoms with E-state index in [0.717, 1.165) is 46.1 Å². The Hall–Kier alpha value is -6.73. The average molecular weight is 717 g/mol. The maximum Gasteiger partial charge on any atom is 0.137 e. The Balaban J connectivity index is 1.15. The second-order valence-corrected chi connectivity index (χ2v) is 15.4. The summed E-state index contributed by atoms with van der Waals surface area (Å²) in [5.74, 6) is 2.45. The van der Waals surface area contributed by atoms with Crippen molar-refractivity contribution in [2.45, 2.75) is 5.41 Å². The third-order valence-corrected chi connectivity index (χ3v) is 12.0. The molecule has 0 atom stereocenters. The van der Waals surface area contributed by atoms with Gasteiger partial charge < -0.3 is 24.3 Å². The van der Waals surface area contributed by atoms with Crippen molar-refractivity contribution in [3.8, 4) is 28.4 Å². The Morgan fingerprint density at radius 2 is 1.27 bits per heavy atom. The summed E-state index contributed by atoms with van der Waals surface area (Å²) in [7, 11) is 10.9. The lowest BCUT2D eigenvalue weighted by Gasteiger charge is -2.45. The van der Waals surface area contributed by atoms with Gasteiger partial charge in [-0.1, -0.05) is 66.7 Å².